The Labute approximate surface area is 203 Å². The zero-order valence-corrected chi connectivity index (χ0v) is 20.7. The molecule has 0 radical (unpaired) electrons. The SMILES string of the molecule is CCCOC(=O)C1=C(C)NC2=C(C(=O)[C@@H](C(=O)OC)[C@@H](C)C2)[C@@H]1c1cc(Cl)c(O)c(OCC)c1. The highest BCUT2D eigenvalue weighted by Crippen LogP contribution is 2.48. The van der Waals surface area contributed by atoms with Gasteiger partial charge in [0.05, 0.1) is 30.9 Å². The number of methoxy groups -OCH3 is 1. The monoisotopic (exact) mass is 491 g/mol. The first-order valence-electron chi connectivity index (χ1n) is 11.3. The molecule has 1 aliphatic carbocycles. The fraction of sp³-hybridized carbons (Fsp3) is 0.480. The van der Waals surface area contributed by atoms with Crippen LogP contribution in [0.4, 0.5) is 0 Å². The summed E-state index contributed by atoms with van der Waals surface area (Å²) >= 11 is 6.30. The molecule has 3 rings (SSSR count). The Morgan fingerprint density at radius 2 is 1.97 bits per heavy atom. The molecule has 1 aromatic carbocycles. The number of hydrogen-bond donors (Lipinski definition) is 2. The molecule has 34 heavy (non-hydrogen) atoms. The molecule has 2 aliphatic rings. The van der Waals surface area contributed by atoms with Gasteiger partial charge >= 0.3 is 11.9 Å². The number of phenolic OH excluding ortho intramolecular Hbond substituents is 1. The maximum atomic E-state index is 13.7. The summed E-state index contributed by atoms with van der Waals surface area (Å²) in [5, 5.41) is 13.6. The number of phenols is 1. The van der Waals surface area contributed by atoms with Gasteiger partial charge in [0, 0.05) is 22.9 Å². The molecule has 0 saturated carbocycles. The molecule has 0 unspecified atom stereocenters. The second-order valence-electron chi connectivity index (χ2n) is 8.45. The van der Waals surface area contributed by atoms with Gasteiger partial charge in [-0.2, -0.15) is 0 Å². The maximum Gasteiger partial charge on any atom is 0.336 e. The topological polar surface area (TPSA) is 111 Å². The molecule has 0 bridgehead atoms. The smallest absolute Gasteiger partial charge is 0.336 e. The number of carbonyl (C=O) groups excluding carboxylic acids is 3. The third kappa shape index (κ3) is 4.64. The van der Waals surface area contributed by atoms with Crippen LogP contribution in [0.25, 0.3) is 0 Å². The number of aromatic hydroxyl groups is 1. The number of hydrogen-bond acceptors (Lipinski definition) is 8. The molecule has 3 atom stereocenters. The lowest BCUT2D eigenvalue weighted by Crippen LogP contribution is -2.43. The fourth-order valence-corrected chi connectivity index (χ4v) is 4.80. The van der Waals surface area contributed by atoms with E-state index in [9.17, 15) is 19.5 Å². The van der Waals surface area contributed by atoms with Crippen LogP contribution in [-0.2, 0) is 23.9 Å². The quantitative estimate of drug-likeness (QED) is 0.434. The van der Waals surface area contributed by atoms with Gasteiger partial charge in [0.25, 0.3) is 0 Å². The van der Waals surface area contributed by atoms with E-state index in [-0.39, 0.29) is 46.8 Å². The fourth-order valence-electron chi connectivity index (χ4n) is 4.58. The summed E-state index contributed by atoms with van der Waals surface area (Å²) in [5.41, 5.74) is 2.17. The molecule has 0 amide bonds. The number of benzene rings is 1. The summed E-state index contributed by atoms with van der Waals surface area (Å²) in [4.78, 5) is 39.4. The lowest BCUT2D eigenvalue weighted by molar-refractivity contribution is -0.151. The van der Waals surface area contributed by atoms with Crippen molar-refractivity contribution in [1.29, 1.82) is 0 Å². The summed E-state index contributed by atoms with van der Waals surface area (Å²) < 4.78 is 15.9. The first-order chi connectivity index (χ1) is 16.2. The average Bonchev–Trinajstić information content (AvgIpc) is 2.79. The third-order valence-electron chi connectivity index (χ3n) is 6.08. The van der Waals surface area contributed by atoms with E-state index < -0.39 is 29.6 Å². The number of halogens is 1. The van der Waals surface area contributed by atoms with Crippen LogP contribution in [-0.4, -0.2) is 43.2 Å². The number of nitrogens with one attached hydrogen (secondary N) is 1. The number of carbonyl (C=O) groups is 3. The molecule has 1 heterocycles. The van der Waals surface area contributed by atoms with Crippen LogP contribution in [0.5, 0.6) is 11.5 Å². The highest BCUT2D eigenvalue weighted by atomic mass is 35.5. The predicted octanol–water partition coefficient (Wildman–Crippen LogP) is 4.01. The van der Waals surface area contributed by atoms with E-state index in [4.69, 9.17) is 25.8 Å². The molecule has 0 saturated heterocycles. The Morgan fingerprint density at radius 1 is 1.26 bits per heavy atom. The van der Waals surface area contributed by atoms with Crippen molar-refractivity contribution in [3.8, 4) is 11.5 Å². The first kappa shape index (κ1) is 25.6. The van der Waals surface area contributed by atoms with Crippen molar-refractivity contribution in [1.82, 2.24) is 5.32 Å². The van der Waals surface area contributed by atoms with E-state index >= 15 is 0 Å². The van der Waals surface area contributed by atoms with Gasteiger partial charge in [-0.1, -0.05) is 25.4 Å². The van der Waals surface area contributed by atoms with E-state index in [2.05, 4.69) is 5.32 Å². The van der Waals surface area contributed by atoms with Crippen LogP contribution in [0, 0.1) is 11.8 Å². The van der Waals surface area contributed by atoms with E-state index in [0.717, 1.165) is 0 Å². The largest absolute Gasteiger partial charge is 0.503 e. The van der Waals surface area contributed by atoms with Crippen LogP contribution in [0.15, 0.2) is 34.7 Å². The third-order valence-corrected chi connectivity index (χ3v) is 6.37. The molecule has 8 nitrogen and oxygen atoms in total. The summed E-state index contributed by atoms with van der Waals surface area (Å²) in [5.74, 6) is -3.89. The van der Waals surface area contributed by atoms with Crippen molar-refractivity contribution in [3.63, 3.8) is 0 Å². The Hall–Kier alpha value is -3.00. The van der Waals surface area contributed by atoms with Gasteiger partial charge in [0.2, 0.25) is 0 Å². The summed E-state index contributed by atoms with van der Waals surface area (Å²) in [6.07, 6.45) is 1.04. The summed E-state index contributed by atoms with van der Waals surface area (Å²) in [6.45, 7) is 7.68. The van der Waals surface area contributed by atoms with Crippen molar-refractivity contribution in [3.05, 3.63) is 45.3 Å². The van der Waals surface area contributed by atoms with Gasteiger partial charge in [-0.25, -0.2) is 4.79 Å². The summed E-state index contributed by atoms with van der Waals surface area (Å²) in [7, 11) is 1.24. The van der Waals surface area contributed by atoms with Crippen molar-refractivity contribution in [2.24, 2.45) is 11.8 Å². The van der Waals surface area contributed by atoms with E-state index in [0.29, 0.717) is 29.8 Å². The predicted molar refractivity (Wildman–Crippen MR) is 125 cm³/mol. The molecule has 1 aliphatic heterocycles. The first-order valence-corrected chi connectivity index (χ1v) is 11.7. The normalized spacial score (nSPS) is 22.2. The lowest BCUT2D eigenvalue weighted by Gasteiger charge is -2.38. The number of allylic oxidation sites excluding steroid dienone is 3. The van der Waals surface area contributed by atoms with Gasteiger partial charge in [0.15, 0.2) is 17.3 Å². The number of dihydropyridines is 1. The minimum atomic E-state index is -1.00. The van der Waals surface area contributed by atoms with Gasteiger partial charge in [0.1, 0.15) is 5.92 Å². The Balaban J connectivity index is 2.24. The molecule has 0 fully saturated rings. The van der Waals surface area contributed by atoms with Gasteiger partial charge in [-0.15, -0.1) is 0 Å². The van der Waals surface area contributed by atoms with Gasteiger partial charge in [-0.3, -0.25) is 9.59 Å². The molecule has 2 N–H and O–H groups in total. The van der Waals surface area contributed by atoms with Crippen LogP contribution < -0.4 is 10.1 Å². The van der Waals surface area contributed by atoms with Crippen LogP contribution in [0.3, 0.4) is 0 Å². The number of esters is 2. The summed E-state index contributed by atoms with van der Waals surface area (Å²) in [6, 6.07) is 3.06. The van der Waals surface area contributed by atoms with E-state index in [1.54, 1.807) is 19.9 Å². The molecule has 184 valence electrons. The van der Waals surface area contributed by atoms with Crippen molar-refractivity contribution in [2.75, 3.05) is 20.3 Å². The maximum absolute atomic E-state index is 13.7. The highest BCUT2D eigenvalue weighted by Gasteiger charge is 2.47. The van der Waals surface area contributed by atoms with E-state index in [1.807, 2.05) is 13.8 Å². The Kier molecular flexibility index (Phi) is 7.92. The standard InChI is InChI=1S/C25H30ClNO7/c1-6-8-34-25(31)19-13(4)27-16-9-12(3)18(24(30)32-5)23(29)21(16)20(19)14-10-15(26)22(28)17(11-14)33-7-2/h10-12,18,20,27-28H,6-9H2,1-5H3/t12-,18-,20+/m0/s1. The molecule has 0 aromatic heterocycles. The number of rotatable bonds is 7. The van der Waals surface area contributed by atoms with Crippen LogP contribution in [0.1, 0.15) is 52.0 Å². The zero-order valence-electron chi connectivity index (χ0n) is 20.0. The van der Waals surface area contributed by atoms with Crippen molar-refractivity contribution in [2.45, 2.75) is 46.5 Å². The average molecular weight is 492 g/mol. The van der Waals surface area contributed by atoms with Crippen molar-refractivity contribution < 1.29 is 33.7 Å². The zero-order chi connectivity index (χ0) is 25.2. The number of ether oxygens (including phenoxy) is 3. The van der Waals surface area contributed by atoms with Crippen molar-refractivity contribution >= 4 is 29.3 Å². The lowest BCUT2D eigenvalue weighted by atomic mass is 9.69. The molecule has 1 aromatic rings. The second kappa shape index (κ2) is 10.5. The molecule has 9 heteroatoms. The second-order valence-corrected chi connectivity index (χ2v) is 8.86. The van der Waals surface area contributed by atoms with E-state index in [1.165, 1.54) is 13.2 Å². The Morgan fingerprint density at radius 3 is 2.59 bits per heavy atom. The van der Waals surface area contributed by atoms with Gasteiger partial charge < -0.3 is 24.6 Å². The number of ketones is 1. The minimum Gasteiger partial charge on any atom is -0.503 e. The van der Waals surface area contributed by atoms with Crippen LogP contribution >= 0.6 is 11.6 Å². The minimum absolute atomic E-state index is 0.0155. The van der Waals surface area contributed by atoms with Gasteiger partial charge in [-0.05, 0) is 50.3 Å². The molecule has 0 spiro atoms. The number of Topliss-reactive ketones (excluding diaryl/α,β-unsaturated/α-hetero) is 1. The molecular formula is C25H30ClNO7. The highest BCUT2D eigenvalue weighted by molar-refractivity contribution is 6.32. The molecular weight excluding hydrogens is 462 g/mol. The van der Waals surface area contributed by atoms with Crippen LogP contribution in [0.2, 0.25) is 5.02 Å². The Bertz CT molecular complexity index is 1080.